The van der Waals surface area contributed by atoms with E-state index in [1.807, 2.05) is 0 Å². The Balaban J connectivity index is 2.17. The van der Waals surface area contributed by atoms with Crippen LogP contribution in [0.5, 0.6) is 0 Å². The summed E-state index contributed by atoms with van der Waals surface area (Å²) < 4.78 is 13.4. The van der Waals surface area contributed by atoms with Gasteiger partial charge in [0.1, 0.15) is 5.82 Å². The molecule has 1 aromatic carbocycles. The number of hydrogen-bond acceptors (Lipinski definition) is 4. The van der Waals surface area contributed by atoms with Gasteiger partial charge in [0, 0.05) is 0 Å². The fourth-order valence-electron chi connectivity index (χ4n) is 1.04. The SMILES string of the molecule is O=C(Nc1ccccc1F)c1nnc(Cl)s1. The smallest absolute Gasteiger partial charge is 0.286 e. The Bertz CT molecular complexity index is 531. The molecule has 0 saturated heterocycles. The molecular weight excluding hydrogens is 253 g/mol. The average molecular weight is 258 g/mol. The highest BCUT2D eigenvalue weighted by atomic mass is 35.5. The van der Waals surface area contributed by atoms with Gasteiger partial charge in [0.15, 0.2) is 0 Å². The standard InChI is InChI=1S/C9H5ClFN3OS/c10-9-14-13-8(16-9)7(15)12-6-4-2-1-3-5(6)11/h1-4H,(H,12,15). The molecule has 0 spiro atoms. The first-order valence-corrected chi connectivity index (χ1v) is 5.41. The predicted molar refractivity (Wildman–Crippen MR) is 59.3 cm³/mol. The number of para-hydroxylation sites is 1. The second-order valence-corrected chi connectivity index (χ2v) is 4.35. The first kappa shape index (κ1) is 11.0. The number of hydrogen-bond donors (Lipinski definition) is 1. The maximum Gasteiger partial charge on any atom is 0.286 e. The van der Waals surface area contributed by atoms with Crippen molar-refractivity contribution in [3.8, 4) is 0 Å². The predicted octanol–water partition coefficient (Wildman–Crippen LogP) is 2.58. The largest absolute Gasteiger partial charge is 0.317 e. The van der Waals surface area contributed by atoms with Gasteiger partial charge in [-0.05, 0) is 23.7 Å². The Labute approximate surface area is 99.1 Å². The van der Waals surface area contributed by atoms with Gasteiger partial charge in [-0.25, -0.2) is 4.39 Å². The molecule has 0 radical (unpaired) electrons. The number of amides is 1. The van der Waals surface area contributed by atoms with Crippen molar-refractivity contribution in [1.29, 1.82) is 0 Å². The van der Waals surface area contributed by atoms with Crippen molar-refractivity contribution >= 4 is 34.5 Å². The minimum Gasteiger partial charge on any atom is -0.317 e. The van der Waals surface area contributed by atoms with E-state index in [0.717, 1.165) is 11.3 Å². The van der Waals surface area contributed by atoms with Gasteiger partial charge in [0.05, 0.1) is 5.69 Å². The molecule has 16 heavy (non-hydrogen) atoms. The summed E-state index contributed by atoms with van der Waals surface area (Å²) in [6.07, 6.45) is 0. The zero-order chi connectivity index (χ0) is 11.5. The zero-order valence-corrected chi connectivity index (χ0v) is 9.35. The quantitative estimate of drug-likeness (QED) is 0.900. The molecule has 0 aliphatic rings. The number of rotatable bonds is 2. The van der Waals surface area contributed by atoms with Gasteiger partial charge in [-0.3, -0.25) is 4.79 Å². The van der Waals surface area contributed by atoms with Gasteiger partial charge in [0.2, 0.25) is 9.47 Å². The second-order valence-electron chi connectivity index (χ2n) is 2.79. The number of halogens is 2. The van der Waals surface area contributed by atoms with Crippen LogP contribution in [0, 0.1) is 5.82 Å². The first-order chi connectivity index (χ1) is 7.66. The maximum absolute atomic E-state index is 13.2. The Morgan fingerprint density at radius 2 is 2.12 bits per heavy atom. The van der Waals surface area contributed by atoms with Crippen molar-refractivity contribution in [2.45, 2.75) is 0 Å². The van der Waals surface area contributed by atoms with Crippen LogP contribution in [0.25, 0.3) is 0 Å². The van der Waals surface area contributed by atoms with Gasteiger partial charge in [-0.15, -0.1) is 10.2 Å². The fraction of sp³-hybridized carbons (Fsp3) is 0. The van der Waals surface area contributed by atoms with Crippen molar-refractivity contribution in [1.82, 2.24) is 10.2 Å². The van der Waals surface area contributed by atoms with Crippen LogP contribution in [0.2, 0.25) is 4.47 Å². The summed E-state index contributed by atoms with van der Waals surface area (Å²) in [6, 6.07) is 5.86. The first-order valence-electron chi connectivity index (χ1n) is 4.21. The molecule has 2 aromatic rings. The fourth-order valence-corrected chi connectivity index (χ4v) is 1.76. The van der Waals surface area contributed by atoms with Crippen molar-refractivity contribution in [3.63, 3.8) is 0 Å². The van der Waals surface area contributed by atoms with Crippen molar-refractivity contribution in [3.05, 3.63) is 39.6 Å². The monoisotopic (exact) mass is 257 g/mol. The highest BCUT2D eigenvalue weighted by Crippen LogP contribution is 2.18. The van der Waals surface area contributed by atoms with Crippen LogP contribution < -0.4 is 5.32 Å². The number of nitrogens with zero attached hydrogens (tertiary/aromatic N) is 2. The van der Waals surface area contributed by atoms with E-state index in [4.69, 9.17) is 11.6 Å². The molecule has 1 heterocycles. The maximum atomic E-state index is 13.2. The Hall–Kier alpha value is -1.53. The van der Waals surface area contributed by atoms with Gasteiger partial charge < -0.3 is 5.32 Å². The minimum absolute atomic E-state index is 0.0910. The van der Waals surface area contributed by atoms with Crippen LogP contribution >= 0.6 is 22.9 Å². The summed E-state index contributed by atoms with van der Waals surface area (Å²) in [7, 11) is 0. The summed E-state index contributed by atoms with van der Waals surface area (Å²) in [6.45, 7) is 0. The van der Waals surface area contributed by atoms with E-state index < -0.39 is 11.7 Å². The highest BCUT2D eigenvalue weighted by molar-refractivity contribution is 7.17. The second kappa shape index (κ2) is 4.54. The number of benzene rings is 1. The van der Waals surface area contributed by atoms with Crippen molar-refractivity contribution in [2.75, 3.05) is 5.32 Å². The molecule has 0 aliphatic heterocycles. The molecule has 0 unspecified atom stereocenters. The molecule has 0 saturated carbocycles. The molecule has 0 aliphatic carbocycles. The zero-order valence-electron chi connectivity index (χ0n) is 7.78. The lowest BCUT2D eigenvalue weighted by atomic mass is 10.3. The van der Waals surface area contributed by atoms with Crippen LogP contribution in [-0.2, 0) is 0 Å². The summed E-state index contributed by atoms with van der Waals surface area (Å²) in [5.41, 5.74) is 0.0961. The third kappa shape index (κ3) is 2.34. The molecule has 4 nitrogen and oxygen atoms in total. The third-order valence-corrected chi connectivity index (χ3v) is 2.73. The number of aromatic nitrogens is 2. The van der Waals surface area contributed by atoms with Crippen LogP contribution in [0.1, 0.15) is 9.80 Å². The van der Waals surface area contributed by atoms with Gasteiger partial charge in [0.25, 0.3) is 5.91 Å². The molecule has 1 N–H and O–H groups in total. The normalized spacial score (nSPS) is 10.1. The summed E-state index contributed by atoms with van der Waals surface area (Å²) in [5, 5.41) is 9.49. The van der Waals surface area contributed by atoms with E-state index in [9.17, 15) is 9.18 Å². The molecule has 0 atom stereocenters. The molecular formula is C9H5ClFN3OS. The lowest BCUT2D eigenvalue weighted by Gasteiger charge is -2.02. The van der Waals surface area contributed by atoms with E-state index in [-0.39, 0.29) is 15.2 Å². The van der Waals surface area contributed by atoms with Gasteiger partial charge in [-0.2, -0.15) is 0 Å². The van der Waals surface area contributed by atoms with E-state index in [0.29, 0.717) is 0 Å². The molecule has 1 aromatic heterocycles. The topological polar surface area (TPSA) is 54.9 Å². The Morgan fingerprint density at radius 3 is 2.75 bits per heavy atom. The molecule has 82 valence electrons. The molecule has 7 heteroatoms. The van der Waals surface area contributed by atoms with E-state index in [1.165, 1.54) is 18.2 Å². The van der Waals surface area contributed by atoms with Gasteiger partial charge in [-0.1, -0.05) is 23.5 Å². The van der Waals surface area contributed by atoms with Crippen LogP contribution in [0.15, 0.2) is 24.3 Å². The van der Waals surface area contributed by atoms with Crippen LogP contribution in [-0.4, -0.2) is 16.1 Å². The summed E-state index contributed by atoms with van der Waals surface area (Å²) >= 11 is 6.46. The van der Waals surface area contributed by atoms with E-state index in [1.54, 1.807) is 6.07 Å². The van der Waals surface area contributed by atoms with Crippen LogP contribution in [0.4, 0.5) is 10.1 Å². The van der Waals surface area contributed by atoms with E-state index in [2.05, 4.69) is 15.5 Å². The molecule has 1 amide bonds. The molecule has 2 rings (SSSR count). The lowest BCUT2D eigenvalue weighted by Crippen LogP contribution is -2.12. The van der Waals surface area contributed by atoms with Crippen molar-refractivity contribution < 1.29 is 9.18 Å². The summed E-state index contributed by atoms with van der Waals surface area (Å²) in [4.78, 5) is 11.6. The Kier molecular flexibility index (Phi) is 3.12. The van der Waals surface area contributed by atoms with Gasteiger partial charge >= 0.3 is 0 Å². The number of anilines is 1. The van der Waals surface area contributed by atoms with Crippen molar-refractivity contribution in [2.24, 2.45) is 0 Å². The van der Waals surface area contributed by atoms with Crippen LogP contribution in [0.3, 0.4) is 0 Å². The number of carbonyl (C=O) groups excluding carboxylic acids is 1. The highest BCUT2D eigenvalue weighted by Gasteiger charge is 2.13. The van der Waals surface area contributed by atoms with E-state index >= 15 is 0 Å². The molecule has 0 fully saturated rings. The third-order valence-electron chi connectivity index (χ3n) is 1.72. The molecule has 0 bridgehead atoms. The summed E-state index contributed by atoms with van der Waals surface area (Å²) in [5.74, 6) is -1.04. The Morgan fingerprint density at radius 1 is 1.38 bits per heavy atom. The number of carbonyl (C=O) groups is 1. The lowest BCUT2D eigenvalue weighted by molar-refractivity contribution is 0.102. The average Bonchev–Trinajstić information content (AvgIpc) is 2.68. The number of nitrogens with one attached hydrogen (secondary N) is 1. The minimum atomic E-state index is -0.533.